The Morgan fingerprint density at radius 3 is 2.94 bits per heavy atom. The van der Waals surface area contributed by atoms with E-state index in [0.29, 0.717) is 6.04 Å². The first kappa shape index (κ1) is 12.2. The van der Waals surface area contributed by atoms with E-state index in [0.717, 1.165) is 38.9 Å². The second kappa shape index (κ2) is 5.00. The van der Waals surface area contributed by atoms with Gasteiger partial charge in [-0.2, -0.15) is 0 Å². The molecule has 2 aliphatic rings. The normalized spacial score (nSPS) is 25.9. The Bertz CT molecular complexity index is 415. The van der Waals surface area contributed by atoms with E-state index in [4.69, 9.17) is 0 Å². The Morgan fingerprint density at radius 1 is 1.33 bits per heavy atom. The van der Waals surface area contributed by atoms with Gasteiger partial charge >= 0.3 is 0 Å². The quantitative estimate of drug-likeness (QED) is 0.761. The van der Waals surface area contributed by atoms with Crippen LogP contribution in [0, 0.1) is 0 Å². The predicted molar refractivity (Wildman–Crippen MR) is 72.3 cm³/mol. The van der Waals surface area contributed by atoms with Crippen molar-refractivity contribution in [1.82, 2.24) is 10.6 Å². The molecule has 1 aliphatic carbocycles. The van der Waals surface area contributed by atoms with E-state index in [9.17, 15) is 5.11 Å². The number of benzene rings is 1. The third-order valence-corrected chi connectivity index (χ3v) is 4.32. The van der Waals surface area contributed by atoms with Crippen molar-refractivity contribution in [3.8, 4) is 0 Å². The van der Waals surface area contributed by atoms with Crippen LogP contribution in [-0.4, -0.2) is 23.8 Å². The van der Waals surface area contributed by atoms with Crippen molar-refractivity contribution in [2.45, 2.75) is 43.9 Å². The van der Waals surface area contributed by atoms with Gasteiger partial charge in [0.1, 0.15) is 0 Å². The molecule has 3 nitrogen and oxygen atoms in total. The van der Waals surface area contributed by atoms with Crippen LogP contribution >= 0.6 is 0 Å². The van der Waals surface area contributed by atoms with Crippen LogP contribution in [0.3, 0.4) is 0 Å². The van der Waals surface area contributed by atoms with E-state index in [-0.39, 0.29) is 0 Å². The zero-order chi connectivity index (χ0) is 12.4. The largest absolute Gasteiger partial charge is 0.389 e. The zero-order valence-corrected chi connectivity index (χ0v) is 10.8. The smallest absolute Gasteiger partial charge is 0.0771 e. The number of nitrogens with one attached hydrogen (secondary N) is 2. The molecule has 0 aromatic heterocycles. The molecule has 1 unspecified atom stereocenters. The predicted octanol–water partition coefficient (Wildman–Crippen LogP) is 1.73. The fraction of sp³-hybridized carbons (Fsp3) is 0.600. The van der Waals surface area contributed by atoms with Crippen molar-refractivity contribution in [3.63, 3.8) is 0 Å². The second-order valence-corrected chi connectivity index (χ2v) is 5.68. The Labute approximate surface area is 109 Å². The Hall–Kier alpha value is -0.900. The molecule has 3 N–H and O–H groups in total. The molecule has 1 atom stereocenters. The summed E-state index contributed by atoms with van der Waals surface area (Å²) in [6.07, 6.45) is 4.16. The minimum Gasteiger partial charge on any atom is -0.389 e. The molecule has 0 amide bonds. The molecule has 3 heteroatoms. The van der Waals surface area contributed by atoms with Crippen LogP contribution in [0.1, 0.15) is 42.9 Å². The Morgan fingerprint density at radius 2 is 2.17 bits per heavy atom. The molecule has 1 fully saturated rings. The number of hydrogen-bond donors (Lipinski definition) is 3. The lowest BCUT2D eigenvalue weighted by atomic mass is 9.80. The maximum absolute atomic E-state index is 10.2. The third-order valence-electron chi connectivity index (χ3n) is 4.32. The van der Waals surface area contributed by atoms with Gasteiger partial charge in [-0.05, 0) is 43.4 Å². The number of rotatable bonds is 3. The highest BCUT2D eigenvalue weighted by Gasteiger charge is 2.34. The van der Waals surface area contributed by atoms with Crippen molar-refractivity contribution in [2.24, 2.45) is 0 Å². The average molecular weight is 246 g/mol. The van der Waals surface area contributed by atoms with Crippen molar-refractivity contribution in [2.75, 3.05) is 13.1 Å². The number of aliphatic hydroxyl groups is 1. The number of hydrogen-bond acceptors (Lipinski definition) is 3. The number of fused-ring (bicyclic) bond motifs is 1. The molecule has 0 spiro atoms. The summed E-state index contributed by atoms with van der Waals surface area (Å²) < 4.78 is 0. The summed E-state index contributed by atoms with van der Waals surface area (Å²) in [4.78, 5) is 0. The first-order valence-corrected chi connectivity index (χ1v) is 7.01. The van der Waals surface area contributed by atoms with Gasteiger partial charge in [-0.15, -0.1) is 0 Å². The monoisotopic (exact) mass is 246 g/mol. The van der Waals surface area contributed by atoms with Gasteiger partial charge in [0.2, 0.25) is 0 Å². The van der Waals surface area contributed by atoms with Gasteiger partial charge < -0.3 is 15.7 Å². The van der Waals surface area contributed by atoms with Crippen LogP contribution in [0.15, 0.2) is 24.3 Å². The lowest BCUT2D eigenvalue weighted by molar-refractivity contribution is -0.0334. The molecule has 0 bridgehead atoms. The molecule has 1 aliphatic heterocycles. The molecular formula is C15H22N2O. The van der Waals surface area contributed by atoms with Gasteiger partial charge in [0.25, 0.3) is 0 Å². The third kappa shape index (κ3) is 2.44. The zero-order valence-electron chi connectivity index (χ0n) is 10.8. The molecule has 1 heterocycles. The average Bonchev–Trinajstić information content (AvgIpc) is 2.56. The summed E-state index contributed by atoms with van der Waals surface area (Å²) in [5.74, 6) is 0. The minimum atomic E-state index is -0.436. The van der Waals surface area contributed by atoms with Crippen LogP contribution in [0.25, 0.3) is 0 Å². The topological polar surface area (TPSA) is 44.3 Å². The Kier molecular flexibility index (Phi) is 3.37. The maximum atomic E-state index is 10.2. The molecule has 1 aromatic rings. The summed E-state index contributed by atoms with van der Waals surface area (Å²) in [5, 5.41) is 17.2. The minimum absolute atomic E-state index is 0.376. The van der Waals surface area contributed by atoms with Gasteiger partial charge in [0.05, 0.1) is 5.60 Å². The molecule has 1 saturated carbocycles. The summed E-state index contributed by atoms with van der Waals surface area (Å²) in [5.41, 5.74) is 2.34. The highest BCUT2D eigenvalue weighted by atomic mass is 16.3. The van der Waals surface area contributed by atoms with Crippen LogP contribution in [-0.2, 0) is 6.54 Å². The summed E-state index contributed by atoms with van der Waals surface area (Å²) in [6, 6.07) is 8.99. The van der Waals surface area contributed by atoms with E-state index in [1.807, 2.05) is 0 Å². The van der Waals surface area contributed by atoms with E-state index in [1.54, 1.807) is 0 Å². The van der Waals surface area contributed by atoms with Crippen molar-refractivity contribution in [3.05, 3.63) is 35.4 Å². The fourth-order valence-corrected chi connectivity index (χ4v) is 2.95. The molecule has 3 rings (SSSR count). The van der Waals surface area contributed by atoms with Gasteiger partial charge in [0, 0.05) is 19.1 Å². The van der Waals surface area contributed by atoms with Crippen molar-refractivity contribution in [1.29, 1.82) is 0 Å². The van der Waals surface area contributed by atoms with Gasteiger partial charge in [-0.1, -0.05) is 24.3 Å². The second-order valence-electron chi connectivity index (χ2n) is 5.68. The lowest BCUT2D eigenvalue weighted by Gasteiger charge is -2.38. The van der Waals surface area contributed by atoms with Crippen LogP contribution in [0.2, 0.25) is 0 Å². The standard InChI is InChI=1S/C15H22N2O/c18-15(7-3-8-15)11-17-14-6-9-16-10-12-4-1-2-5-13(12)14/h1-2,4-5,14,16-18H,3,6-11H2. The first-order valence-electron chi connectivity index (χ1n) is 7.01. The highest BCUT2D eigenvalue weighted by molar-refractivity contribution is 5.31. The van der Waals surface area contributed by atoms with Gasteiger partial charge in [-0.3, -0.25) is 0 Å². The van der Waals surface area contributed by atoms with Crippen LogP contribution in [0.4, 0.5) is 0 Å². The lowest BCUT2D eigenvalue weighted by Crippen LogP contribution is -2.47. The maximum Gasteiger partial charge on any atom is 0.0771 e. The summed E-state index contributed by atoms with van der Waals surface area (Å²) >= 11 is 0. The van der Waals surface area contributed by atoms with Crippen molar-refractivity contribution >= 4 is 0 Å². The van der Waals surface area contributed by atoms with Crippen LogP contribution < -0.4 is 10.6 Å². The molecular weight excluding hydrogens is 224 g/mol. The molecule has 1 aromatic carbocycles. The fourth-order valence-electron chi connectivity index (χ4n) is 2.95. The molecule has 98 valence electrons. The van der Waals surface area contributed by atoms with E-state index in [1.165, 1.54) is 17.5 Å². The summed E-state index contributed by atoms with van der Waals surface area (Å²) in [6.45, 7) is 2.72. The highest BCUT2D eigenvalue weighted by Crippen LogP contribution is 2.32. The van der Waals surface area contributed by atoms with Crippen LogP contribution in [0.5, 0.6) is 0 Å². The molecule has 0 saturated heterocycles. The SMILES string of the molecule is OC1(CNC2CCNCc3ccccc32)CCC1. The Balaban J connectivity index is 1.71. The van der Waals surface area contributed by atoms with Gasteiger partial charge in [0.15, 0.2) is 0 Å². The molecule has 0 radical (unpaired) electrons. The van der Waals surface area contributed by atoms with Gasteiger partial charge in [-0.25, -0.2) is 0 Å². The van der Waals surface area contributed by atoms with E-state index in [2.05, 4.69) is 34.9 Å². The van der Waals surface area contributed by atoms with E-state index < -0.39 is 5.60 Å². The first-order chi connectivity index (χ1) is 8.77. The molecule has 18 heavy (non-hydrogen) atoms. The summed E-state index contributed by atoms with van der Waals surface area (Å²) in [7, 11) is 0. The van der Waals surface area contributed by atoms with E-state index >= 15 is 0 Å². The van der Waals surface area contributed by atoms with Crippen molar-refractivity contribution < 1.29 is 5.11 Å².